The largest absolute Gasteiger partial charge is 0.478 e. The van der Waals surface area contributed by atoms with Gasteiger partial charge >= 0.3 is 5.97 Å². The molecule has 0 amide bonds. The number of hydrogen-bond donors (Lipinski definition) is 1. The van der Waals surface area contributed by atoms with Crippen LogP contribution in [0.15, 0.2) is 17.6 Å². The lowest BCUT2D eigenvalue weighted by atomic mass is 10.2. The first-order chi connectivity index (χ1) is 7.99. The van der Waals surface area contributed by atoms with Crippen molar-refractivity contribution in [2.45, 2.75) is 26.8 Å². The molecule has 0 saturated heterocycles. The fraction of sp³-hybridized carbons (Fsp3) is 0.333. The van der Waals surface area contributed by atoms with Crippen LogP contribution < -0.4 is 0 Å². The molecule has 5 heteroatoms. The second kappa shape index (κ2) is 4.33. The lowest BCUT2D eigenvalue weighted by Crippen LogP contribution is -2.00. The van der Waals surface area contributed by atoms with Gasteiger partial charge in [-0.3, -0.25) is 4.68 Å². The number of thiophene rings is 1. The van der Waals surface area contributed by atoms with Crippen molar-refractivity contribution in [2.75, 3.05) is 0 Å². The van der Waals surface area contributed by atoms with Crippen LogP contribution in [0.4, 0.5) is 0 Å². The molecule has 0 aliphatic carbocycles. The van der Waals surface area contributed by atoms with Crippen LogP contribution in [-0.4, -0.2) is 20.9 Å². The smallest absolute Gasteiger partial charge is 0.336 e. The quantitative estimate of drug-likeness (QED) is 0.910. The molecule has 0 aliphatic heterocycles. The van der Waals surface area contributed by atoms with E-state index in [2.05, 4.69) is 18.9 Å². The molecular weight excluding hydrogens is 236 g/mol. The average molecular weight is 250 g/mol. The highest BCUT2D eigenvalue weighted by Crippen LogP contribution is 2.30. The summed E-state index contributed by atoms with van der Waals surface area (Å²) in [6, 6.07) is 2.00. The number of carbonyl (C=O) groups is 1. The van der Waals surface area contributed by atoms with E-state index in [1.807, 2.05) is 17.8 Å². The molecule has 1 N–H and O–H groups in total. The van der Waals surface area contributed by atoms with Gasteiger partial charge in [0.05, 0.1) is 11.3 Å². The van der Waals surface area contributed by atoms with Gasteiger partial charge in [-0.1, -0.05) is 0 Å². The Labute approximate surface area is 104 Å². The molecule has 17 heavy (non-hydrogen) atoms. The van der Waals surface area contributed by atoms with Crippen molar-refractivity contribution >= 4 is 17.3 Å². The maximum absolute atomic E-state index is 10.8. The second-order valence-electron chi connectivity index (χ2n) is 4.21. The molecule has 0 fully saturated rings. The van der Waals surface area contributed by atoms with Crippen LogP contribution in [-0.2, 0) is 0 Å². The molecule has 2 aromatic heterocycles. The van der Waals surface area contributed by atoms with Crippen molar-refractivity contribution < 1.29 is 9.90 Å². The third-order valence-corrected chi connectivity index (χ3v) is 3.52. The normalized spacial score (nSPS) is 11.1. The van der Waals surface area contributed by atoms with Gasteiger partial charge in [0.2, 0.25) is 0 Å². The molecule has 2 aromatic rings. The van der Waals surface area contributed by atoms with E-state index in [4.69, 9.17) is 5.11 Å². The van der Waals surface area contributed by atoms with E-state index in [1.165, 1.54) is 11.3 Å². The molecule has 0 atom stereocenters. The highest BCUT2D eigenvalue weighted by Gasteiger charge is 2.13. The minimum absolute atomic E-state index is 0.307. The zero-order chi connectivity index (χ0) is 12.6. The Balaban J connectivity index is 2.41. The van der Waals surface area contributed by atoms with E-state index in [9.17, 15) is 4.79 Å². The number of hydrogen-bond acceptors (Lipinski definition) is 3. The van der Waals surface area contributed by atoms with Gasteiger partial charge < -0.3 is 5.11 Å². The fourth-order valence-corrected chi connectivity index (χ4v) is 2.52. The molecule has 0 bridgehead atoms. The number of aryl methyl sites for hydroxylation is 1. The van der Waals surface area contributed by atoms with Crippen LogP contribution in [0.1, 0.15) is 35.9 Å². The minimum atomic E-state index is -0.888. The Kier molecular flexibility index (Phi) is 3.02. The van der Waals surface area contributed by atoms with Gasteiger partial charge in [0.1, 0.15) is 0 Å². The van der Waals surface area contributed by atoms with E-state index in [1.54, 1.807) is 11.4 Å². The van der Waals surface area contributed by atoms with Gasteiger partial charge in [-0.25, -0.2) is 4.79 Å². The van der Waals surface area contributed by atoms with Gasteiger partial charge in [-0.05, 0) is 26.8 Å². The highest BCUT2D eigenvalue weighted by molar-refractivity contribution is 7.13. The Morgan fingerprint density at radius 3 is 2.71 bits per heavy atom. The molecule has 0 aromatic carbocycles. The topological polar surface area (TPSA) is 55.1 Å². The Hall–Kier alpha value is -1.62. The summed E-state index contributed by atoms with van der Waals surface area (Å²) in [5.41, 5.74) is 2.27. The zero-order valence-electron chi connectivity index (χ0n) is 9.97. The van der Waals surface area contributed by atoms with Crippen molar-refractivity contribution in [3.05, 3.63) is 28.9 Å². The van der Waals surface area contributed by atoms with Crippen molar-refractivity contribution in [1.29, 1.82) is 0 Å². The van der Waals surface area contributed by atoms with Gasteiger partial charge in [-0.2, -0.15) is 5.10 Å². The summed E-state index contributed by atoms with van der Waals surface area (Å²) in [4.78, 5) is 11.8. The van der Waals surface area contributed by atoms with E-state index in [-0.39, 0.29) is 0 Å². The van der Waals surface area contributed by atoms with Crippen LogP contribution in [0.3, 0.4) is 0 Å². The average Bonchev–Trinajstić information content (AvgIpc) is 2.83. The number of carboxylic acids is 1. The summed E-state index contributed by atoms with van der Waals surface area (Å²) in [5, 5.41) is 15.0. The number of rotatable bonds is 3. The van der Waals surface area contributed by atoms with Crippen LogP contribution in [0.5, 0.6) is 0 Å². The van der Waals surface area contributed by atoms with Gasteiger partial charge in [-0.15, -0.1) is 11.3 Å². The fourth-order valence-electron chi connectivity index (χ4n) is 1.58. The monoisotopic (exact) mass is 250 g/mol. The van der Waals surface area contributed by atoms with Crippen LogP contribution in [0, 0.1) is 6.92 Å². The second-order valence-corrected chi connectivity index (χ2v) is 5.12. The summed E-state index contributed by atoms with van der Waals surface area (Å²) in [7, 11) is 0. The van der Waals surface area contributed by atoms with Gasteiger partial charge in [0.15, 0.2) is 0 Å². The molecule has 90 valence electrons. The minimum Gasteiger partial charge on any atom is -0.478 e. The number of nitrogens with zero attached hydrogens (tertiary/aromatic N) is 2. The number of carboxylic acid groups (broad SMARTS) is 1. The van der Waals surface area contributed by atoms with Crippen molar-refractivity contribution in [3.63, 3.8) is 0 Å². The number of aromatic nitrogens is 2. The summed E-state index contributed by atoms with van der Waals surface area (Å²) >= 11 is 1.44. The van der Waals surface area contributed by atoms with E-state index in [0.29, 0.717) is 11.6 Å². The number of aromatic carboxylic acids is 1. The molecule has 0 spiro atoms. The molecule has 2 heterocycles. The summed E-state index contributed by atoms with van der Waals surface area (Å²) < 4.78 is 1.89. The lowest BCUT2D eigenvalue weighted by molar-refractivity contribution is 0.0697. The van der Waals surface area contributed by atoms with E-state index < -0.39 is 5.97 Å². The Morgan fingerprint density at radius 2 is 2.24 bits per heavy atom. The third-order valence-electron chi connectivity index (χ3n) is 2.56. The molecular formula is C12H14N2O2S. The first-order valence-electron chi connectivity index (χ1n) is 5.37. The Bertz CT molecular complexity index is 555. The zero-order valence-corrected chi connectivity index (χ0v) is 10.8. The molecule has 0 radical (unpaired) electrons. The first-order valence-corrected chi connectivity index (χ1v) is 6.25. The maximum atomic E-state index is 10.8. The van der Waals surface area contributed by atoms with E-state index >= 15 is 0 Å². The molecule has 0 aliphatic rings. The molecule has 4 nitrogen and oxygen atoms in total. The summed E-state index contributed by atoms with van der Waals surface area (Å²) in [5.74, 6) is -0.888. The van der Waals surface area contributed by atoms with Crippen molar-refractivity contribution in [3.8, 4) is 10.4 Å². The predicted octanol–water partition coefficient (Wildman–Crippen LogP) is 3.20. The molecule has 0 saturated carbocycles. The summed E-state index contributed by atoms with van der Waals surface area (Å²) in [6.07, 6.45) is 1.97. The maximum Gasteiger partial charge on any atom is 0.336 e. The lowest BCUT2D eigenvalue weighted by Gasteiger charge is -2.02. The Morgan fingerprint density at radius 1 is 1.53 bits per heavy atom. The highest BCUT2D eigenvalue weighted by atomic mass is 32.1. The van der Waals surface area contributed by atoms with Gasteiger partial charge in [0.25, 0.3) is 0 Å². The predicted molar refractivity (Wildman–Crippen MR) is 67.6 cm³/mol. The van der Waals surface area contributed by atoms with Crippen molar-refractivity contribution in [2.24, 2.45) is 0 Å². The van der Waals surface area contributed by atoms with Gasteiger partial charge in [0, 0.05) is 28.1 Å². The first kappa shape index (κ1) is 11.9. The standard InChI is InChI=1S/C12H14N2O2S/c1-7(2)14-5-10(8(3)13-14)11-4-9(6-17-11)12(15)16/h4-7H,1-3H3,(H,15,16). The van der Waals surface area contributed by atoms with Crippen LogP contribution >= 0.6 is 11.3 Å². The van der Waals surface area contributed by atoms with Crippen molar-refractivity contribution in [1.82, 2.24) is 9.78 Å². The summed E-state index contributed by atoms with van der Waals surface area (Å²) in [6.45, 7) is 6.06. The molecule has 0 unspecified atom stereocenters. The van der Waals surface area contributed by atoms with Crippen LogP contribution in [0.25, 0.3) is 10.4 Å². The molecule has 2 rings (SSSR count). The van der Waals surface area contributed by atoms with Crippen LogP contribution in [0.2, 0.25) is 0 Å². The third kappa shape index (κ3) is 2.24. The SMILES string of the molecule is Cc1nn(C(C)C)cc1-c1cc(C(=O)O)cs1. The van der Waals surface area contributed by atoms with E-state index in [0.717, 1.165) is 16.1 Å².